The van der Waals surface area contributed by atoms with Gasteiger partial charge in [-0.2, -0.15) is 9.97 Å². The standard InChI is InChI=1S/C57H35N5/c1-3-16-36(17-4-1)37-18-15-19-38(34-37)55-58-56(39-30-31-45-43-24-8-7-22-41(43)42-23-9-10-25-44(42)50(45)35-39)60-57(59-55)62-52-29-14-12-27-47(52)49-33-32-48-46-26-11-13-28-51(46)61(53(48)54(49)62)40-20-5-2-6-21-40/h1-35H. The summed E-state index contributed by atoms with van der Waals surface area (Å²) in [6.45, 7) is 0. The molecule has 0 saturated carbocycles. The van der Waals surface area contributed by atoms with E-state index in [0.717, 1.165) is 66.2 Å². The van der Waals surface area contributed by atoms with Crippen LogP contribution in [0.25, 0.3) is 121 Å². The Morgan fingerprint density at radius 3 is 1.32 bits per heavy atom. The zero-order chi connectivity index (χ0) is 40.7. The molecular weight excluding hydrogens is 755 g/mol. The van der Waals surface area contributed by atoms with Crippen molar-refractivity contribution in [2.24, 2.45) is 0 Å². The molecule has 0 bridgehead atoms. The van der Waals surface area contributed by atoms with Crippen molar-refractivity contribution in [3.8, 4) is 45.5 Å². The van der Waals surface area contributed by atoms with Gasteiger partial charge in [-0.15, -0.1) is 0 Å². The Hall–Kier alpha value is -8.41. The summed E-state index contributed by atoms with van der Waals surface area (Å²) in [5.74, 6) is 1.77. The molecule has 62 heavy (non-hydrogen) atoms. The van der Waals surface area contributed by atoms with Gasteiger partial charge in [-0.1, -0.05) is 176 Å². The number of nitrogens with zero attached hydrogens (tertiary/aromatic N) is 5. The van der Waals surface area contributed by atoms with Gasteiger partial charge in [0.05, 0.1) is 22.1 Å². The molecule has 5 heteroatoms. The molecule has 10 aromatic carbocycles. The van der Waals surface area contributed by atoms with Crippen molar-refractivity contribution in [1.29, 1.82) is 0 Å². The highest BCUT2D eigenvalue weighted by Crippen LogP contribution is 2.42. The number of rotatable bonds is 5. The minimum absolute atomic E-state index is 0.558. The summed E-state index contributed by atoms with van der Waals surface area (Å²) in [5.41, 5.74) is 9.47. The quantitative estimate of drug-likeness (QED) is 0.163. The molecule has 0 aliphatic rings. The maximum Gasteiger partial charge on any atom is 0.238 e. The monoisotopic (exact) mass is 789 g/mol. The summed E-state index contributed by atoms with van der Waals surface area (Å²) < 4.78 is 4.67. The number of aromatic nitrogens is 5. The SMILES string of the molecule is c1ccc(-c2cccc(-c3nc(-c4ccc5c6ccccc6c6ccccc6c5c4)nc(-n4c5ccccc5c5ccc6c7ccccc7n(-c7ccccc7)c6c54)n3)c2)cc1. The van der Waals surface area contributed by atoms with Gasteiger partial charge < -0.3 is 4.57 Å². The molecule has 0 fully saturated rings. The Morgan fingerprint density at radius 2 is 0.694 bits per heavy atom. The van der Waals surface area contributed by atoms with Gasteiger partial charge in [0.15, 0.2) is 11.6 Å². The molecule has 288 valence electrons. The fraction of sp³-hybridized carbons (Fsp3) is 0. The minimum Gasteiger partial charge on any atom is -0.307 e. The maximum atomic E-state index is 5.50. The first-order chi connectivity index (χ1) is 30.8. The number of hydrogen-bond acceptors (Lipinski definition) is 3. The third-order valence-electron chi connectivity index (χ3n) is 12.5. The fourth-order valence-electron chi connectivity index (χ4n) is 9.79. The van der Waals surface area contributed by atoms with E-state index < -0.39 is 0 Å². The van der Waals surface area contributed by atoms with Gasteiger partial charge in [0.25, 0.3) is 0 Å². The smallest absolute Gasteiger partial charge is 0.238 e. The summed E-state index contributed by atoms with van der Waals surface area (Å²) >= 11 is 0. The molecule has 13 rings (SSSR count). The molecule has 0 unspecified atom stereocenters. The molecule has 0 atom stereocenters. The number of fused-ring (bicyclic) bond motifs is 13. The van der Waals surface area contributed by atoms with Crippen LogP contribution in [0.15, 0.2) is 212 Å². The van der Waals surface area contributed by atoms with E-state index in [1.165, 1.54) is 37.7 Å². The first-order valence-corrected chi connectivity index (χ1v) is 21.0. The van der Waals surface area contributed by atoms with E-state index in [0.29, 0.717) is 17.6 Å². The molecular formula is C57H35N5. The van der Waals surface area contributed by atoms with Crippen molar-refractivity contribution in [2.45, 2.75) is 0 Å². The van der Waals surface area contributed by atoms with Gasteiger partial charge in [-0.25, -0.2) is 4.98 Å². The van der Waals surface area contributed by atoms with Crippen molar-refractivity contribution in [3.05, 3.63) is 212 Å². The second kappa shape index (κ2) is 13.6. The molecule has 0 N–H and O–H groups in total. The van der Waals surface area contributed by atoms with Crippen molar-refractivity contribution in [3.63, 3.8) is 0 Å². The molecule has 0 spiro atoms. The Morgan fingerprint density at radius 1 is 0.258 bits per heavy atom. The van der Waals surface area contributed by atoms with Crippen LogP contribution < -0.4 is 0 Å². The van der Waals surface area contributed by atoms with Gasteiger partial charge in [0.1, 0.15) is 0 Å². The normalized spacial score (nSPS) is 11.9. The van der Waals surface area contributed by atoms with Crippen molar-refractivity contribution < 1.29 is 0 Å². The van der Waals surface area contributed by atoms with Crippen molar-refractivity contribution >= 4 is 75.9 Å². The summed E-state index contributed by atoms with van der Waals surface area (Å²) in [6, 6.07) is 75.6. The van der Waals surface area contributed by atoms with E-state index in [4.69, 9.17) is 15.0 Å². The van der Waals surface area contributed by atoms with E-state index in [2.05, 4.69) is 215 Å². The second-order valence-electron chi connectivity index (χ2n) is 16.0. The van der Waals surface area contributed by atoms with Crippen LogP contribution in [-0.4, -0.2) is 24.1 Å². The van der Waals surface area contributed by atoms with Crippen LogP contribution in [0.2, 0.25) is 0 Å². The molecule has 3 aromatic heterocycles. The van der Waals surface area contributed by atoms with Crippen LogP contribution in [0, 0.1) is 0 Å². The van der Waals surface area contributed by atoms with Gasteiger partial charge >= 0.3 is 0 Å². The number of hydrogen-bond donors (Lipinski definition) is 0. The van der Waals surface area contributed by atoms with E-state index in [-0.39, 0.29) is 0 Å². The van der Waals surface area contributed by atoms with Gasteiger partial charge in [0.2, 0.25) is 5.95 Å². The largest absolute Gasteiger partial charge is 0.307 e. The Kier molecular flexibility index (Phi) is 7.54. The van der Waals surface area contributed by atoms with E-state index in [9.17, 15) is 0 Å². The van der Waals surface area contributed by atoms with E-state index >= 15 is 0 Å². The molecule has 13 aromatic rings. The molecule has 0 amide bonds. The topological polar surface area (TPSA) is 48.5 Å². The van der Waals surface area contributed by atoms with E-state index in [1.54, 1.807) is 0 Å². The summed E-state index contributed by atoms with van der Waals surface area (Å²) in [4.78, 5) is 16.3. The molecule has 3 heterocycles. The predicted octanol–water partition coefficient (Wildman–Crippen LogP) is 14.5. The lowest BCUT2D eigenvalue weighted by Crippen LogP contribution is -2.07. The highest BCUT2D eigenvalue weighted by molar-refractivity contribution is 6.26. The Bertz CT molecular complexity index is 3880. The maximum absolute atomic E-state index is 5.50. The average molecular weight is 790 g/mol. The molecule has 5 nitrogen and oxygen atoms in total. The van der Waals surface area contributed by atoms with Crippen LogP contribution >= 0.6 is 0 Å². The van der Waals surface area contributed by atoms with Crippen LogP contribution in [0.3, 0.4) is 0 Å². The van der Waals surface area contributed by atoms with Gasteiger partial charge in [-0.05, 0) is 79.8 Å². The molecule has 0 radical (unpaired) electrons. The van der Waals surface area contributed by atoms with Crippen LogP contribution in [-0.2, 0) is 0 Å². The zero-order valence-corrected chi connectivity index (χ0v) is 33.4. The Labute approximate surface area is 356 Å². The van der Waals surface area contributed by atoms with E-state index in [1.807, 2.05) is 6.07 Å². The zero-order valence-electron chi connectivity index (χ0n) is 33.4. The third kappa shape index (κ3) is 5.18. The second-order valence-corrected chi connectivity index (χ2v) is 16.0. The number of para-hydroxylation sites is 3. The predicted molar refractivity (Wildman–Crippen MR) is 257 cm³/mol. The fourth-order valence-corrected chi connectivity index (χ4v) is 9.79. The van der Waals surface area contributed by atoms with Crippen molar-refractivity contribution in [2.75, 3.05) is 0 Å². The molecule has 0 saturated heterocycles. The lowest BCUT2D eigenvalue weighted by Gasteiger charge is -2.14. The lowest BCUT2D eigenvalue weighted by molar-refractivity contribution is 0.953. The van der Waals surface area contributed by atoms with Gasteiger partial charge in [-0.3, -0.25) is 4.57 Å². The summed E-state index contributed by atoms with van der Waals surface area (Å²) in [7, 11) is 0. The number of benzene rings is 10. The first-order valence-electron chi connectivity index (χ1n) is 21.0. The molecule has 0 aliphatic carbocycles. The minimum atomic E-state index is 0.558. The van der Waals surface area contributed by atoms with Gasteiger partial charge in [0, 0.05) is 38.4 Å². The highest BCUT2D eigenvalue weighted by Gasteiger charge is 2.24. The summed E-state index contributed by atoms with van der Waals surface area (Å²) in [6.07, 6.45) is 0. The molecule has 0 aliphatic heterocycles. The third-order valence-corrected chi connectivity index (χ3v) is 12.5. The summed E-state index contributed by atoms with van der Waals surface area (Å²) in [5, 5.41) is 11.9. The van der Waals surface area contributed by atoms with Crippen LogP contribution in [0.4, 0.5) is 0 Å². The van der Waals surface area contributed by atoms with Crippen molar-refractivity contribution in [1.82, 2.24) is 24.1 Å². The highest BCUT2D eigenvalue weighted by atomic mass is 15.2. The van der Waals surface area contributed by atoms with Crippen LogP contribution in [0.1, 0.15) is 0 Å². The first kappa shape index (κ1) is 34.5. The van der Waals surface area contributed by atoms with Crippen LogP contribution in [0.5, 0.6) is 0 Å². The average Bonchev–Trinajstić information content (AvgIpc) is 3.88. The lowest BCUT2D eigenvalue weighted by atomic mass is 9.93. The Balaban J connectivity index is 1.15.